The van der Waals surface area contributed by atoms with E-state index in [4.69, 9.17) is 5.84 Å². The average Bonchev–Trinajstić information content (AvgIpc) is 2.04. The predicted octanol–water partition coefficient (Wildman–Crippen LogP) is 0.338. The van der Waals surface area contributed by atoms with Crippen LogP contribution >= 0.6 is 0 Å². The molecule has 0 radical (unpaired) electrons. The Morgan fingerprint density at radius 1 is 1.50 bits per heavy atom. The van der Waals surface area contributed by atoms with Gasteiger partial charge in [-0.25, -0.2) is 5.84 Å². The van der Waals surface area contributed by atoms with E-state index < -0.39 is 5.91 Å². The number of nitrogens with two attached hydrogens (primary N) is 1. The van der Waals surface area contributed by atoms with E-state index in [1.165, 1.54) is 19.2 Å². The largest absolute Gasteiger partial charge is 0.507 e. The zero-order valence-electron chi connectivity index (χ0n) is 6.69. The minimum absolute atomic E-state index is 0.0557. The van der Waals surface area contributed by atoms with Gasteiger partial charge >= 0.3 is 0 Å². The second kappa shape index (κ2) is 3.23. The lowest BCUT2D eigenvalue weighted by Crippen LogP contribution is -2.33. The molecule has 0 aromatic heterocycles. The Morgan fingerprint density at radius 2 is 2.08 bits per heavy atom. The molecular formula is C8H10N2O2. The van der Waals surface area contributed by atoms with Gasteiger partial charge in [0, 0.05) is 7.05 Å². The number of phenols is 1. The molecule has 0 aliphatic rings. The lowest BCUT2D eigenvalue weighted by molar-refractivity contribution is 0.0792. The molecule has 0 aliphatic heterocycles. The highest BCUT2D eigenvalue weighted by atomic mass is 16.3. The molecule has 0 aliphatic carbocycles. The van der Waals surface area contributed by atoms with Gasteiger partial charge in [-0.2, -0.15) is 0 Å². The second-order valence-electron chi connectivity index (χ2n) is 2.43. The Hall–Kier alpha value is -1.55. The SMILES string of the molecule is CN(N)C(=O)c1ccccc1O. The van der Waals surface area contributed by atoms with Gasteiger partial charge in [0.2, 0.25) is 0 Å². The summed E-state index contributed by atoms with van der Waals surface area (Å²) < 4.78 is 0. The summed E-state index contributed by atoms with van der Waals surface area (Å²) in [6.45, 7) is 0. The molecule has 4 heteroatoms. The van der Waals surface area contributed by atoms with Gasteiger partial charge in [0.05, 0.1) is 5.56 Å². The van der Waals surface area contributed by atoms with Crippen LogP contribution in [0, 0.1) is 0 Å². The molecule has 0 saturated carbocycles. The number of rotatable bonds is 1. The lowest BCUT2D eigenvalue weighted by atomic mass is 10.2. The third-order valence-corrected chi connectivity index (χ3v) is 1.45. The molecule has 12 heavy (non-hydrogen) atoms. The van der Waals surface area contributed by atoms with Crippen LogP contribution < -0.4 is 5.84 Å². The standard InChI is InChI=1S/C8H10N2O2/c1-10(9)8(12)6-4-2-3-5-7(6)11/h2-5,11H,9H2,1H3. The van der Waals surface area contributed by atoms with Crippen molar-refractivity contribution in [2.24, 2.45) is 5.84 Å². The molecule has 0 heterocycles. The molecule has 1 aromatic carbocycles. The van der Waals surface area contributed by atoms with Crippen LogP contribution in [0.25, 0.3) is 0 Å². The first-order valence-electron chi connectivity index (χ1n) is 3.43. The summed E-state index contributed by atoms with van der Waals surface area (Å²) in [5.41, 5.74) is 0.211. The van der Waals surface area contributed by atoms with Gasteiger partial charge in [-0.15, -0.1) is 0 Å². The number of carbonyl (C=O) groups excluding carboxylic acids is 1. The van der Waals surface area contributed by atoms with Crippen LogP contribution in [-0.4, -0.2) is 23.1 Å². The van der Waals surface area contributed by atoms with Gasteiger partial charge in [-0.1, -0.05) is 12.1 Å². The highest BCUT2D eigenvalue weighted by Gasteiger charge is 2.11. The van der Waals surface area contributed by atoms with Crippen LogP contribution in [0.3, 0.4) is 0 Å². The van der Waals surface area contributed by atoms with E-state index in [1.54, 1.807) is 12.1 Å². The van der Waals surface area contributed by atoms with Crippen molar-refractivity contribution >= 4 is 5.91 Å². The lowest BCUT2D eigenvalue weighted by Gasteiger charge is -2.10. The summed E-state index contributed by atoms with van der Waals surface area (Å²) in [6, 6.07) is 6.26. The van der Waals surface area contributed by atoms with Crippen LogP contribution in [-0.2, 0) is 0 Å². The third-order valence-electron chi connectivity index (χ3n) is 1.45. The molecule has 0 spiro atoms. The normalized spacial score (nSPS) is 9.50. The first-order chi connectivity index (χ1) is 5.63. The Morgan fingerprint density at radius 3 is 2.58 bits per heavy atom. The molecule has 64 valence electrons. The van der Waals surface area contributed by atoms with E-state index in [9.17, 15) is 9.90 Å². The number of hydrogen-bond donors (Lipinski definition) is 2. The van der Waals surface area contributed by atoms with Gasteiger partial charge in [-0.3, -0.25) is 9.80 Å². The van der Waals surface area contributed by atoms with Crippen molar-refractivity contribution < 1.29 is 9.90 Å². The number of hydrogen-bond acceptors (Lipinski definition) is 3. The first kappa shape index (κ1) is 8.55. The van der Waals surface area contributed by atoms with Crippen LogP contribution in [0.15, 0.2) is 24.3 Å². The van der Waals surface area contributed by atoms with Gasteiger partial charge in [-0.05, 0) is 12.1 Å². The molecule has 0 fully saturated rings. The van der Waals surface area contributed by atoms with Crippen molar-refractivity contribution in [3.63, 3.8) is 0 Å². The number of amides is 1. The maximum atomic E-state index is 11.2. The molecular weight excluding hydrogens is 156 g/mol. The fraction of sp³-hybridized carbons (Fsp3) is 0.125. The molecule has 0 saturated heterocycles. The van der Waals surface area contributed by atoms with Crippen molar-refractivity contribution in [3.8, 4) is 5.75 Å². The minimum atomic E-state index is -0.409. The minimum Gasteiger partial charge on any atom is -0.507 e. The Bertz CT molecular complexity index is 297. The van der Waals surface area contributed by atoms with Crippen LogP contribution in [0.2, 0.25) is 0 Å². The summed E-state index contributed by atoms with van der Waals surface area (Å²) in [4.78, 5) is 11.2. The number of hydrazine groups is 1. The molecule has 0 atom stereocenters. The molecule has 1 aromatic rings. The molecule has 3 N–H and O–H groups in total. The molecule has 0 bridgehead atoms. The van der Waals surface area contributed by atoms with E-state index in [0.717, 1.165) is 5.01 Å². The van der Waals surface area contributed by atoms with Crippen molar-refractivity contribution in [3.05, 3.63) is 29.8 Å². The Labute approximate surface area is 70.2 Å². The summed E-state index contributed by atoms with van der Waals surface area (Å²) in [7, 11) is 1.43. The van der Waals surface area contributed by atoms with Gasteiger partial charge in [0.25, 0.3) is 5.91 Å². The quantitative estimate of drug-likeness (QED) is 0.359. The molecule has 4 nitrogen and oxygen atoms in total. The van der Waals surface area contributed by atoms with Crippen molar-refractivity contribution in [1.82, 2.24) is 5.01 Å². The maximum absolute atomic E-state index is 11.2. The summed E-state index contributed by atoms with van der Waals surface area (Å²) in [6.07, 6.45) is 0. The van der Waals surface area contributed by atoms with Crippen molar-refractivity contribution in [1.29, 1.82) is 0 Å². The third kappa shape index (κ3) is 1.54. The molecule has 1 rings (SSSR count). The first-order valence-corrected chi connectivity index (χ1v) is 3.43. The fourth-order valence-corrected chi connectivity index (χ4v) is 0.844. The van der Waals surface area contributed by atoms with Crippen LogP contribution in [0.1, 0.15) is 10.4 Å². The number of phenolic OH excluding ortho intramolecular Hbond substituents is 1. The topological polar surface area (TPSA) is 66.6 Å². The highest BCUT2D eigenvalue weighted by molar-refractivity contribution is 5.96. The van der Waals surface area contributed by atoms with Gasteiger partial charge in [0.15, 0.2) is 0 Å². The number of carbonyl (C=O) groups is 1. The summed E-state index contributed by atoms with van der Waals surface area (Å²) in [5.74, 6) is 4.74. The number of benzene rings is 1. The molecule has 0 unspecified atom stereocenters. The monoisotopic (exact) mass is 166 g/mol. The highest BCUT2D eigenvalue weighted by Crippen LogP contribution is 2.15. The number of para-hydroxylation sites is 1. The maximum Gasteiger partial charge on any atom is 0.271 e. The number of aromatic hydroxyl groups is 1. The van der Waals surface area contributed by atoms with E-state index in [-0.39, 0.29) is 11.3 Å². The van der Waals surface area contributed by atoms with Crippen LogP contribution in [0.5, 0.6) is 5.75 Å². The second-order valence-corrected chi connectivity index (χ2v) is 2.43. The zero-order valence-corrected chi connectivity index (χ0v) is 6.69. The van der Waals surface area contributed by atoms with Gasteiger partial charge in [0.1, 0.15) is 5.75 Å². The van der Waals surface area contributed by atoms with Gasteiger partial charge < -0.3 is 5.11 Å². The van der Waals surface area contributed by atoms with Crippen molar-refractivity contribution in [2.75, 3.05) is 7.05 Å². The fourth-order valence-electron chi connectivity index (χ4n) is 0.844. The van der Waals surface area contributed by atoms with E-state index >= 15 is 0 Å². The van der Waals surface area contributed by atoms with E-state index in [1.807, 2.05) is 0 Å². The Kier molecular flexibility index (Phi) is 2.30. The average molecular weight is 166 g/mol. The smallest absolute Gasteiger partial charge is 0.271 e. The zero-order chi connectivity index (χ0) is 9.14. The predicted molar refractivity (Wildman–Crippen MR) is 44.4 cm³/mol. The number of nitrogens with zero attached hydrogens (tertiary/aromatic N) is 1. The Balaban J connectivity index is 3.03. The molecule has 1 amide bonds. The van der Waals surface area contributed by atoms with Crippen molar-refractivity contribution in [2.45, 2.75) is 0 Å². The summed E-state index contributed by atoms with van der Waals surface area (Å²) >= 11 is 0. The van der Waals surface area contributed by atoms with Crippen LogP contribution in [0.4, 0.5) is 0 Å². The summed E-state index contributed by atoms with van der Waals surface area (Å²) in [5, 5.41) is 10.2. The van der Waals surface area contributed by atoms with E-state index in [2.05, 4.69) is 0 Å². The van der Waals surface area contributed by atoms with E-state index in [0.29, 0.717) is 0 Å².